The lowest BCUT2D eigenvalue weighted by Crippen LogP contribution is -2.40. The number of benzene rings is 1. The van der Waals surface area contributed by atoms with Crippen molar-refractivity contribution in [3.8, 4) is 0 Å². The first kappa shape index (κ1) is 14.5. The predicted octanol–water partition coefficient (Wildman–Crippen LogP) is 3.58. The molecular weight excluding hydrogens is 308 g/mol. The van der Waals surface area contributed by atoms with Crippen LogP contribution >= 0.6 is 27.5 Å². The summed E-state index contributed by atoms with van der Waals surface area (Å²) in [5, 5.41) is 2.72. The van der Waals surface area contributed by atoms with E-state index in [1.807, 2.05) is 13.8 Å². The van der Waals surface area contributed by atoms with Crippen molar-refractivity contribution in [1.29, 1.82) is 0 Å². The number of amides is 1. The molecule has 1 N–H and O–H groups in total. The SMILES string of the molecule is CC(C)C(CCl)NC(=O)c1cc(Br)ccc1F. The molecule has 0 aliphatic carbocycles. The first-order valence-electron chi connectivity index (χ1n) is 5.27. The molecule has 0 aromatic heterocycles. The Kier molecular flexibility index (Phi) is 5.40. The Morgan fingerprint density at radius 3 is 2.71 bits per heavy atom. The van der Waals surface area contributed by atoms with Gasteiger partial charge in [-0.15, -0.1) is 11.6 Å². The lowest BCUT2D eigenvalue weighted by Gasteiger charge is -2.19. The zero-order chi connectivity index (χ0) is 13.0. The molecule has 0 heterocycles. The largest absolute Gasteiger partial charge is 0.348 e. The highest BCUT2D eigenvalue weighted by Crippen LogP contribution is 2.16. The third kappa shape index (κ3) is 3.96. The van der Waals surface area contributed by atoms with Gasteiger partial charge >= 0.3 is 0 Å². The zero-order valence-electron chi connectivity index (χ0n) is 9.64. The second kappa shape index (κ2) is 6.36. The molecule has 17 heavy (non-hydrogen) atoms. The van der Waals surface area contributed by atoms with Crippen molar-refractivity contribution < 1.29 is 9.18 Å². The van der Waals surface area contributed by atoms with Crippen LogP contribution in [-0.4, -0.2) is 17.8 Å². The Hall–Kier alpha value is -0.610. The van der Waals surface area contributed by atoms with Gasteiger partial charge in [-0.1, -0.05) is 29.8 Å². The van der Waals surface area contributed by atoms with Gasteiger partial charge in [0.2, 0.25) is 0 Å². The van der Waals surface area contributed by atoms with Crippen LogP contribution in [0.4, 0.5) is 4.39 Å². The topological polar surface area (TPSA) is 29.1 Å². The summed E-state index contributed by atoms with van der Waals surface area (Å²) >= 11 is 8.95. The number of carbonyl (C=O) groups is 1. The molecule has 0 aliphatic rings. The smallest absolute Gasteiger partial charge is 0.254 e. The van der Waals surface area contributed by atoms with Gasteiger partial charge in [-0.05, 0) is 24.1 Å². The predicted molar refractivity (Wildman–Crippen MR) is 70.9 cm³/mol. The van der Waals surface area contributed by atoms with Gasteiger partial charge in [0.05, 0.1) is 5.56 Å². The molecule has 1 aromatic rings. The average molecular weight is 323 g/mol. The Morgan fingerprint density at radius 1 is 1.53 bits per heavy atom. The van der Waals surface area contributed by atoms with Crippen LogP contribution in [0.3, 0.4) is 0 Å². The molecule has 0 radical (unpaired) electrons. The van der Waals surface area contributed by atoms with Gasteiger partial charge in [0.1, 0.15) is 5.82 Å². The number of alkyl halides is 1. The maximum absolute atomic E-state index is 13.5. The molecule has 1 aromatic carbocycles. The number of halogens is 3. The highest BCUT2D eigenvalue weighted by molar-refractivity contribution is 9.10. The first-order chi connectivity index (χ1) is 7.95. The summed E-state index contributed by atoms with van der Waals surface area (Å²) in [5.74, 6) is -0.475. The van der Waals surface area contributed by atoms with Gasteiger partial charge < -0.3 is 5.32 Å². The maximum atomic E-state index is 13.5. The summed E-state index contributed by atoms with van der Waals surface area (Å²) in [6.45, 7) is 3.90. The van der Waals surface area contributed by atoms with E-state index in [-0.39, 0.29) is 17.5 Å². The fourth-order valence-corrected chi connectivity index (χ4v) is 2.10. The number of carbonyl (C=O) groups excluding carboxylic acids is 1. The van der Waals surface area contributed by atoms with Crippen LogP contribution in [0, 0.1) is 11.7 Å². The molecule has 0 fully saturated rings. The minimum atomic E-state index is -0.539. The van der Waals surface area contributed by atoms with E-state index in [1.165, 1.54) is 12.1 Å². The summed E-state index contributed by atoms with van der Waals surface area (Å²) in [6.07, 6.45) is 0. The van der Waals surface area contributed by atoms with Crippen molar-refractivity contribution in [1.82, 2.24) is 5.32 Å². The van der Waals surface area contributed by atoms with Gasteiger partial charge in [-0.2, -0.15) is 0 Å². The van der Waals surface area contributed by atoms with Gasteiger partial charge in [0.15, 0.2) is 0 Å². The van der Waals surface area contributed by atoms with Gasteiger partial charge in [0.25, 0.3) is 5.91 Å². The van der Waals surface area contributed by atoms with Crippen molar-refractivity contribution in [3.05, 3.63) is 34.1 Å². The van der Waals surface area contributed by atoms with Crippen LogP contribution in [0.1, 0.15) is 24.2 Å². The van der Waals surface area contributed by atoms with E-state index < -0.39 is 11.7 Å². The van der Waals surface area contributed by atoms with Crippen LogP contribution in [0.15, 0.2) is 22.7 Å². The lowest BCUT2D eigenvalue weighted by atomic mass is 10.1. The molecule has 0 saturated heterocycles. The molecule has 94 valence electrons. The second-order valence-corrected chi connectivity index (χ2v) is 5.33. The number of hydrogen-bond acceptors (Lipinski definition) is 1. The monoisotopic (exact) mass is 321 g/mol. The number of rotatable bonds is 4. The van der Waals surface area contributed by atoms with Gasteiger partial charge in [-0.25, -0.2) is 4.39 Å². The van der Waals surface area contributed by atoms with Crippen LogP contribution in [-0.2, 0) is 0 Å². The van der Waals surface area contributed by atoms with E-state index in [0.717, 1.165) is 0 Å². The van der Waals surface area contributed by atoms with E-state index in [9.17, 15) is 9.18 Å². The molecule has 1 atom stereocenters. The molecular formula is C12H14BrClFNO. The molecule has 0 spiro atoms. The highest BCUT2D eigenvalue weighted by Gasteiger charge is 2.18. The fraction of sp³-hybridized carbons (Fsp3) is 0.417. The standard InChI is InChI=1S/C12H14BrClFNO/c1-7(2)11(6-14)16-12(17)9-5-8(13)3-4-10(9)15/h3-5,7,11H,6H2,1-2H3,(H,16,17). The average Bonchev–Trinajstić information content (AvgIpc) is 2.28. The zero-order valence-corrected chi connectivity index (χ0v) is 12.0. The molecule has 2 nitrogen and oxygen atoms in total. The highest BCUT2D eigenvalue weighted by atomic mass is 79.9. The Balaban J connectivity index is 2.86. The molecule has 1 rings (SSSR count). The summed E-state index contributed by atoms with van der Waals surface area (Å²) in [4.78, 5) is 11.9. The molecule has 1 amide bonds. The lowest BCUT2D eigenvalue weighted by molar-refractivity contribution is 0.0927. The Labute approximate surface area is 114 Å². The van der Waals surface area contributed by atoms with Gasteiger partial charge in [0, 0.05) is 16.4 Å². The number of hydrogen-bond donors (Lipinski definition) is 1. The van der Waals surface area contributed by atoms with Crippen molar-refractivity contribution >= 4 is 33.4 Å². The van der Waals surface area contributed by atoms with E-state index in [4.69, 9.17) is 11.6 Å². The van der Waals surface area contributed by atoms with Crippen molar-refractivity contribution in [2.24, 2.45) is 5.92 Å². The van der Waals surface area contributed by atoms with E-state index in [2.05, 4.69) is 21.2 Å². The van der Waals surface area contributed by atoms with Crippen molar-refractivity contribution in [3.63, 3.8) is 0 Å². The van der Waals surface area contributed by atoms with Crippen LogP contribution in [0.2, 0.25) is 0 Å². The molecule has 1 unspecified atom stereocenters. The molecule has 0 aliphatic heterocycles. The summed E-state index contributed by atoms with van der Waals surface area (Å²) in [7, 11) is 0. The second-order valence-electron chi connectivity index (χ2n) is 4.10. The Morgan fingerprint density at radius 2 is 2.18 bits per heavy atom. The minimum Gasteiger partial charge on any atom is -0.348 e. The maximum Gasteiger partial charge on any atom is 0.254 e. The third-order valence-corrected chi connectivity index (χ3v) is 3.29. The van der Waals surface area contributed by atoms with E-state index >= 15 is 0 Å². The first-order valence-corrected chi connectivity index (χ1v) is 6.60. The third-order valence-electron chi connectivity index (χ3n) is 2.46. The van der Waals surface area contributed by atoms with Crippen molar-refractivity contribution in [2.75, 3.05) is 5.88 Å². The Bertz CT molecular complexity index is 411. The minimum absolute atomic E-state index is 0.0233. The normalized spacial score (nSPS) is 12.6. The summed E-state index contributed by atoms with van der Waals surface area (Å²) in [6, 6.07) is 4.09. The fourth-order valence-electron chi connectivity index (χ4n) is 1.30. The van der Waals surface area contributed by atoms with Gasteiger partial charge in [-0.3, -0.25) is 4.79 Å². The summed E-state index contributed by atoms with van der Waals surface area (Å²) in [5.41, 5.74) is 0.0233. The van der Waals surface area contributed by atoms with Crippen LogP contribution < -0.4 is 5.32 Å². The van der Waals surface area contributed by atoms with Crippen molar-refractivity contribution in [2.45, 2.75) is 19.9 Å². The molecule has 0 bridgehead atoms. The van der Waals surface area contributed by atoms with Crippen LogP contribution in [0.25, 0.3) is 0 Å². The number of nitrogens with one attached hydrogen (secondary N) is 1. The molecule has 0 saturated carbocycles. The van der Waals surface area contributed by atoms with E-state index in [1.54, 1.807) is 6.07 Å². The quantitative estimate of drug-likeness (QED) is 0.844. The van der Waals surface area contributed by atoms with E-state index in [0.29, 0.717) is 10.4 Å². The molecule has 5 heteroatoms. The summed E-state index contributed by atoms with van der Waals surface area (Å²) < 4.78 is 14.1. The van der Waals surface area contributed by atoms with Crippen LogP contribution in [0.5, 0.6) is 0 Å².